The molecule has 5 heteroatoms. The van der Waals surface area contributed by atoms with Gasteiger partial charge in [-0.05, 0) is 44.0 Å². The van der Waals surface area contributed by atoms with Crippen LogP contribution in [0.25, 0.3) is 0 Å². The number of carbonyl (C=O) groups excluding carboxylic acids is 2. The summed E-state index contributed by atoms with van der Waals surface area (Å²) in [6.07, 6.45) is -0.154. The number of para-hydroxylation sites is 2. The molecule has 1 atom stereocenters. The van der Waals surface area contributed by atoms with E-state index < -0.39 is 12.1 Å². The normalized spacial score (nSPS) is 11.5. The summed E-state index contributed by atoms with van der Waals surface area (Å²) in [6, 6.07) is 14.3. The van der Waals surface area contributed by atoms with Crippen molar-refractivity contribution >= 4 is 17.6 Å². The summed E-state index contributed by atoms with van der Waals surface area (Å²) in [7, 11) is 0. The number of anilines is 1. The average molecular weight is 341 g/mol. The molecule has 0 fully saturated rings. The Morgan fingerprint density at radius 3 is 2.40 bits per heavy atom. The third-order valence-electron chi connectivity index (χ3n) is 3.71. The van der Waals surface area contributed by atoms with E-state index in [0.29, 0.717) is 23.4 Å². The standard InChI is InChI=1S/C20H23NO4/c1-4-17(25-18-13-9-6-10-14(18)3)19(22)21-16-12-8-7-11-15(16)20(23)24-5-2/h6-13,17H,4-5H2,1-3H3,(H,21,22). The first-order chi connectivity index (χ1) is 12.1. The van der Waals surface area contributed by atoms with E-state index in [0.717, 1.165) is 5.56 Å². The van der Waals surface area contributed by atoms with Gasteiger partial charge >= 0.3 is 5.97 Å². The maximum atomic E-state index is 12.6. The Labute approximate surface area is 148 Å². The molecule has 1 amide bonds. The maximum Gasteiger partial charge on any atom is 0.340 e. The van der Waals surface area contributed by atoms with Crippen molar-refractivity contribution in [3.63, 3.8) is 0 Å². The van der Waals surface area contributed by atoms with Gasteiger partial charge in [0.05, 0.1) is 17.9 Å². The molecule has 1 unspecified atom stereocenters. The van der Waals surface area contributed by atoms with E-state index in [1.807, 2.05) is 38.1 Å². The Morgan fingerprint density at radius 2 is 1.72 bits per heavy atom. The maximum absolute atomic E-state index is 12.6. The molecule has 0 aromatic heterocycles. The van der Waals surface area contributed by atoms with Crippen molar-refractivity contribution in [2.45, 2.75) is 33.3 Å². The highest BCUT2D eigenvalue weighted by Gasteiger charge is 2.21. The lowest BCUT2D eigenvalue weighted by molar-refractivity contribution is -0.122. The summed E-state index contributed by atoms with van der Waals surface area (Å²) >= 11 is 0. The third-order valence-corrected chi connectivity index (χ3v) is 3.71. The lowest BCUT2D eigenvalue weighted by Crippen LogP contribution is -2.33. The van der Waals surface area contributed by atoms with Crippen LogP contribution >= 0.6 is 0 Å². The summed E-state index contributed by atoms with van der Waals surface area (Å²) in [4.78, 5) is 24.6. The van der Waals surface area contributed by atoms with Crippen molar-refractivity contribution in [1.29, 1.82) is 0 Å². The van der Waals surface area contributed by atoms with E-state index in [1.165, 1.54) is 0 Å². The van der Waals surface area contributed by atoms with Gasteiger partial charge in [0, 0.05) is 0 Å². The summed E-state index contributed by atoms with van der Waals surface area (Å²) in [6.45, 7) is 5.81. The second-order valence-electron chi connectivity index (χ2n) is 5.54. The van der Waals surface area contributed by atoms with Gasteiger partial charge in [-0.15, -0.1) is 0 Å². The van der Waals surface area contributed by atoms with E-state index >= 15 is 0 Å². The predicted octanol–water partition coefficient (Wildman–Crippen LogP) is 3.97. The van der Waals surface area contributed by atoms with E-state index in [1.54, 1.807) is 31.2 Å². The Bertz CT molecular complexity index is 742. The number of amides is 1. The van der Waals surface area contributed by atoms with Gasteiger partial charge in [0.25, 0.3) is 5.91 Å². The van der Waals surface area contributed by atoms with Crippen molar-refractivity contribution in [3.8, 4) is 5.75 Å². The zero-order chi connectivity index (χ0) is 18.2. The van der Waals surface area contributed by atoms with Crippen LogP contribution in [0, 0.1) is 6.92 Å². The molecular weight excluding hydrogens is 318 g/mol. The number of carbonyl (C=O) groups is 2. The Hall–Kier alpha value is -2.82. The van der Waals surface area contributed by atoms with Gasteiger partial charge < -0.3 is 14.8 Å². The first-order valence-corrected chi connectivity index (χ1v) is 8.36. The number of rotatable bonds is 7. The van der Waals surface area contributed by atoms with Gasteiger partial charge in [-0.25, -0.2) is 4.79 Å². The second-order valence-corrected chi connectivity index (χ2v) is 5.54. The Kier molecular flexibility index (Phi) is 6.57. The molecule has 0 saturated heterocycles. The number of hydrogen-bond acceptors (Lipinski definition) is 4. The van der Waals surface area contributed by atoms with Crippen LogP contribution in [0.5, 0.6) is 5.75 Å². The fourth-order valence-electron chi connectivity index (χ4n) is 2.36. The van der Waals surface area contributed by atoms with Crippen molar-refractivity contribution < 1.29 is 19.1 Å². The van der Waals surface area contributed by atoms with Crippen LogP contribution in [0.15, 0.2) is 48.5 Å². The highest BCUT2D eigenvalue weighted by atomic mass is 16.5. The number of benzene rings is 2. The predicted molar refractivity (Wildman–Crippen MR) is 96.9 cm³/mol. The van der Waals surface area contributed by atoms with E-state index in [9.17, 15) is 9.59 Å². The van der Waals surface area contributed by atoms with E-state index in [-0.39, 0.29) is 12.5 Å². The monoisotopic (exact) mass is 341 g/mol. The van der Waals surface area contributed by atoms with E-state index in [2.05, 4.69) is 5.32 Å². The lowest BCUT2D eigenvalue weighted by atomic mass is 10.1. The first kappa shape index (κ1) is 18.5. The van der Waals surface area contributed by atoms with Crippen molar-refractivity contribution in [2.24, 2.45) is 0 Å². The average Bonchev–Trinajstić information content (AvgIpc) is 2.61. The van der Waals surface area contributed by atoms with Gasteiger partial charge in [-0.3, -0.25) is 4.79 Å². The molecule has 1 N–H and O–H groups in total. The Morgan fingerprint density at radius 1 is 1.04 bits per heavy atom. The Balaban J connectivity index is 2.15. The summed E-state index contributed by atoms with van der Waals surface area (Å²) in [5.41, 5.74) is 1.70. The molecule has 0 bridgehead atoms. The molecule has 132 valence electrons. The number of ether oxygens (including phenoxy) is 2. The molecule has 25 heavy (non-hydrogen) atoms. The van der Waals surface area contributed by atoms with Crippen LogP contribution in [0.2, 0.25) is 0 Å². The second kappa shape index (κ2) is 8.87. The minimum absolute atomic E-state index is 0.273. The van der Waals surface area contributed by atoms with Crippen LogP contribution in [-0.2, 0) is 9.53 Å². The van der Waals surface area contributed by atoms with Gasteiger partial charge in [-0.2, -0.15) is 0 Å². The molecule has 0 spiro atoms. The van der Waals surface area contributed by atoms with Gasteiger partial charge in [0.1, 0.15) is 5.75 Å². The van der Waals surface area contributed by atoms with E-state index in [4.69, 9.17) is 9.47 Å². The summed E-state index contributed by atoms with van der Waals surface area (Å²) < 4.78 is 10.9. The minimum Gasteiger partial charge on any atom is -0.480 e. The van der Waals surface area contributed by atoms with Crippen LogP contribution in [0.3, 0.4) is 0 Å². The summed E-state index contributed by atoms with van der Waals surface area (Å²) in [5.74, 6) is -0.100. The first-order valence-electron chi connectivity index (χ1n) is 8.36. The van der Waals surface area contributed by atoms with Crippen molar-refractivity contribution in [1.82, 2.24) is 0 Å². The fourth-order valence-corrected chi connectivity index (χ4v) is 2.36. The molecular formula is C20H23NO4. The molecule has 2 rings (SSSR count). The fraction of sp³-hybridized carbons (Fsp3) is 0.300. The molecule has 0 radical (unpaired) electrons. The summed E-state index contributed by atoms with van der Waals surface area (Å²) in [5, 5.41) is 2.78. The van der Waals surface area contributed by atoms with Crippen LogP contribution in [0.4, 0.5) is 5.69 Å². The highest BCUT2D eigenvalue weighted by Crippen LogP contribution is 2.21. The number of aryl methyl sites for hydroxylation is 1. The highest BCUT2D eigenvalue weighted by molar-refractivity contribution is 6.02. The third kappa shape index (κ3) is 4.83. The largest absolute Gasteiger partial charge is 0.480 e. The molecule has 0 saturated carbocycles. The molecule has 0 aliphatic rings. The smallest absolute Gasteiger partial charge is 0.340 e. The SMILES string of the molecule is CCOC(=O)c1ccccc1NC(=O)C(CC)Oc1ccccc1C. The van der Waals surface area contributed by atoms with Crippen LogP contribution in [0.1, 0.15) is 36.2 Å². The van der Waals surface area contributed by atoms with Crippen molar-refractivity contribution in [3.05, 3.63) is 59.7 Å². The molecule has 2 aromatic rings. The minimum atomic E-state index is -0.656. The molecule has 0 aliphatic heterocycles. The molecule has 0 aliphatic carbocycles. The molecule has 2 aromatic carbocycles. The molecule has 5 nitrogen and oxygen atoms in total. The number of nitrogens with one attached hydrogen (secondary N) is 1. The van der Waals surface area contributed by atoms with Gasteiger partial charge in [0.15, 0.2) is 6.10 Å². The van der Waals surface area contributed by atoms with Crippen LogP contribution < -0.4 is 10.1 Å². The molecule has 0 heterocycles. The van der Waals surface area contributed by atoms with Gasteiger partial charge in [0.2, 0.25) is 0 Å². The zero-order valence-corrected chi connectivity index (χ0v) is 14.7. The quantitative estimate of drug-likeness (QED) is 0.774. The zero-order valence-electron chi connectivity index (χ0n) is 14.7. The van der Waals surface area contributed by atoms with Crippen molar-refractivity contribution in [2.75, 3.05) is 11.9 Å². The lowest BCUT2D eigenvalue weighted by Gasteiger charge is -2.19. The van der Waals surface area contributed by atoms with Gasteiger partial charge in [-0.1, -0.05) is 37.3 Å². The van der Waals surface area contributed by atoms with Crippen LogP contribution in [-0.4, -0.2) is 24.6 Å². The number of hydrogen-bond donors (Lipinski definition) is 1. The topological polar surface area (TPSA) is 64.6 Å². The number of esters is 1.